The SMILES string of the molecule is O=C(C(=O)C(F)(F)F)C(F)(F)F.O=C(CC1CCN(S(=O)(=O)c2ccco2)CC1)Nc1ccc2cc1CCc1cncc(c1)Nc1ncc(Cl)c(n1)N2. The van der Waals surface area contributed by atoms with Gasteiger partial charge in [-0.05, 0) is 79.1 Å². The molecule has 1 saturated heterocycles. The van der Waals surface area contributed by atoms with E-state index < -0.39 is 33.9 Å². The van der Waals surface area contributed by atoms with Gasteiger partial charge < -0.3 is 20.4 Å². The van der Waals surface area contributed by atoms with Crippen molar-refractivity contribution >= 4 is 67.9 Å². The highest BCUT2D eigenvalue weighted by atomic mass is 35.5. The number of pyridine rings is 1. The molecule has 282 valence electrons. The molecule has 1 aromatic carbocycles. The fourth-order valence-electron chi connectivity index (χ4n) is 5.36. The second kappa shape index (κ2) is 15.9. The zero-order valence-electron chi connectivity index (χ0n) is 27.1. The molecule has 6 bridgehead atoms. The van der Waals surface area contributed by atoms with Crippen LogP contribution in [0.15, 0.2) is 70.8 Å². The number of amides is 1. The molecule has 0 unspecified atom stereocenters. The number of fused-ring (bicyclic) bond motifs is 6. The van der Waals surface area contributed by atoms with E-state index >= 15 is 0 Å². The maximum Gasteiger partial charge on any atom is 0.458 e. The van der Waals surface area contributed by atoms with E-state index in [0.717, 1.165) is 28.2 Å². The number of furan rings is 1. The van der Waals surface area contributed by atoms with Crippen LogP contribution in [0.3, 0.4) is 0 Å². The van der Waals surface area contributed by atoms with Crippen molar-refractivity contribution in [1.29, 1.82) is 0 Å². The van der Waals surface area contributed by atoms with Crippen LogP contribution in [0.4, 0.5) is 55.2 Å². The number of carbonyl (C=O) groups is 3. The lowest BCUT2D eigenvalue weighted by Crippen LogP contribution is -2.39. The number of hydrogen-bond acceptors (Lipinski definition) is 11. The van der Waals surface area contributed by atoms with Crippen LogP contribution >= 0.6 is 11.6 Å². The van der Waals surface area contributed by atoms with Crippen LogP contribution in [0.5, 0.6) is 0 Å². The van der Waals surface area contributed by atoms with Crippen molar-refractivity contribution in [2.75, 3.05) is 29.0 Å². The highest BCUT2D eigenvalue weighted by Crippen LogP contribution is 2.31. The van der Waals surface area contributed by atoms with E-state index in [2.05, 4.69) is 30.9 Å². The van der Waals surface area contributed by atoms with Crippen molar-refractivity contribution in [1.82, 2.24) is 19.3 Å². The molecule has 3 N–H and O–H groups in total. The number of Topliss-reactive ketones (excluding diaryl/α,β-unsaturated/α-hetero) is 2. The zero-order chi connectivity index (χ0) is 38.6. The Morgan fingerprint density at radius 3 is 2.26 bits per heavy atom. The molecule has 0 aliphatic carbocycles. The normalized spacial score (nSPS) is 15.2. The molecule has 6 rings (SSSR count). The average Bonchev–Trinajstić information content (AvgIpc) is 3.65. The number of anilines is 5. The van der Waals surface area contributed by atoms with E-state index in [9.17, 15) is 49.1 Å². The Hall–Kier alpha value is -5.08. The van der Waals surface area contributed by atoms with Gasteiger partial charge in [0.1, 0.15) is 5.02 Å². The first-order valence-electron chi connectivity index (χ1n) is 15.6. The number of carbonyl (C=O) groups excluding carboxylic acids is 3. The van der Waals surface area contributed by atoms with Crippen molar-refractivity contribution in [2.24, 2.45) is 5.92 Å². The van der Waals surface area contributed by atoms with Crippen LogP contribution in [0, 0.1) is 5.92 Å². The monoisotopic (exact) mass is 787 g/mol. The van der Waals surface area contributed by atoms with E-state index in [4.69, 9.17) is 16.0 Å². The van der Waals surface area contributed by atoms with Gasteiger partial charge in [0, 0.05) is 37.1 Å². The molecule has 21 heteroatoms. The predicted octanol–water partition coefficient (Wildman–Crippen LogP) is 6.38. The van der Waals surface area contributed by atoms with Gasteiger partial charge in [0.2, 0.25) is 16.9 Å². The van der Waals surface area contributed by atoms with Crippen LogP contribution in [0.25, 0.3) is 0 Å². The minimum absolute atomic E-state index is 0.0537. The summed E-state index contributed by atoms with van der Waals surface area (Å²) >= 11 is 6.36. The summed E-state index contributed by atoms with van der Waals surface area (Å²) in [6, 6.07) is 10.7. The van der Waals surface area contributed by atoms with Crippen molar-refractivity contribution in [3.8, 4) is 0 Å². The number of ketones is 2. The lowest BCUT2D eigenvalue weighted by Gasteiger charge is -2.30. The van der Waals surface area contributed by atoms with Gasteiger partial charge in [-0.15, -0.1) is 0 Å². The molecule has 1 fully saturated rings. The molecular weight excluding hydrogens is 760 g/mol. The number of nitrogens with one attached hydrogen (secondary N) is 3. The Kier molecular flexibility index (Phi) is 11.7. The number of alkyl halides is 6. The number of benzene rings is 1. The lowest BCUT2D eigenvalue weighted by molar-refractivity contribution is -0.193. The molecule has 2 aliphatic rings. The Balaban J connectivity index is 0.000000390. The van der Waals surface area contributed by atoms with E-state index in [-0.39, 0.29) is 16.9 Å². The molecule has 0 saturated carbocycles. The Labute approximate surface area is 302 Å². The van der Waals surface area contributed by atoms with Gasteiger partial charge in [-0.25, -0.2) is 13.4 Å². The molecule has 4 aromatic rings. The maximum absolute atomic E-state index is 13.1. The molecule has 53 heavy (non-hydrogen) atoms. The summed E-state index contributed by atoms with van der Waals surface area (Å²) in [6.07, 6.45) is -2.26. The molecule has 0 atom stereocenters. The fourth-order valence-corrected chi connectivity index (χ4v) is 6.88. The number of hydrogen-bond donors (Lipinski definition) is 3. The van der Waals surface area contributed by atoms with Crippen LogP contribution in [-0.4, -0.2) is 70.6 Å². The third kappa shape index (κ3) is 10.1. The minimum atomic E-state index is -5.77. The number of aromatic nitrogens is 3. The smallest absolute Gasteiger partial charge is 0.452 e. The topological polar surface area (TPSA) is 176 Å². The van der Waals surface area contributed by atoms with Crippen molar-refractivity contribution < 1.29 is 53.6 Å². The van der Waals surface area contributed by atoms with Gasteiger partial charge in [0.05, 0.1) is 24.3 Å². The van der Waals surface area contributed by atoms with Crippen LogP contribution < -0.4 is 16.0 Å². The number of aryl methyl sites for hydroxylation is 2. The summed E-state index contributed by atoms with van der Waals surface area (Å²) in [6.45, 7) is 0.698. The standard InChI is InChI=1S/C28H28ClN7O4S.C4F6O2/c29-23-17-31-28-33-22-12-19(15-30-16-22)3-4-20-14-21(32-27(23)35-28)5-6-24(20)34-25(37)13-18-7-9-36(10-8-18)41(38,39)26-2-1-11-40-26;5-3(6,7)1(11)2(12)4(8,9)10/h1-2,5-6,11-12,14-18H,3-4,7-10,13H2,(H,34,37)(H2,31,32,33,35);. The summed E-state index contributed by atoms with van der Waals surface area (Å²) in [5, 5.41) is 9.84. The van der Waals surface area contributed by atoms with Gasteiger partial charge in [0.25, 0.3) is 10.0 Å². The van der Waals surface area contributed by atoms with Crippen LogP contribution in [0.2, 0.25) is 5.02 Å². The van der Waals surface area contributed by atoms with Crippen LogP contribution in [-0.2, 0) is 37.2 Å². The second-order valence-corrected chi connectivity index (χ2v) is 14.1. The molecule has 2 aliphatic heterocycles. The average molecular weight is 788 g/mol. The molecule has 3 aromatic heterocycles. The number of halogens is 7. The Bertz CT molecular complexity index is 2070. The number of rotatable bonds is 6. The van der Waals surface area contributed by atoms with Gasteiger partial charge >= 0.3 is 23.9 Å². The van der Waals surface area contributed by atoms with E-state index in [1.54, 1.807) is 12.3 Å². The summed E-state index contributed by atoms with van der Waals surface area (Å²) in [5.41, 5.74) is 4.24. The van der Waals surface area contributed by atoms with Gasteiger partial charge in [-0.2, -0.15) is 35.6 Å². The third-order valence-corrected chi connectivity index (χ3v) is 10.0. The van der Waals surface area contributed by atoms with Crippen molar-refractivity contribution in [2.45, 2.75) is 49.5 Å². The van der Waals surface area contributed by atoms with Gasteiger partial charge in [-0.1, -0.05) is 11.6 Å². The summed E-state index contributed by atoms with van der Waals surface area (Å²) < 4.78 is 98.9. The van der Waals surface area contributed by atoms with E-state index in [1.165, 1.54) is 22.8 Å². The lowest BCUT2D eigenvalue weighted by atomic mass is 9.94. The molecule has 1 amide bonds. The van der Waals surface area contributed by atoms with Crippen molar-refractivity contribution in [3.05, 3.63) is 77.4 Å². The zero-order valence-corrected chi connectivity index (χ0v) is 28.7. The predicted molar refractivity (Wildman–Crippen MR) is 177 cm³/mol. The molecule has 13 nitrogen and oxygen atoms in total. The summed E-state index contributed by atoms with van der Waals surface area (Å²) in [4.78, 5) is 45.5. The summed E-state index contributed by atoms with van der Waals surface area (Å²) in [7, 11) is -3.65. The first kappa shape index (κ1) is 39.1. The maximum atomic E-state index is 13.1. The first-order valence-corrected chi connectivity index (χ1v) is 17.4. The first-order chi connectivity index (χ1) is 24.9. The van der Waals surface area contributed by atoms with Crippen molar-refractivity contribution in [3.63, 3.8) is 0 Å². The van der Waals surface area contributed by atoms with Crippen LogP contribution in [0.1, 0.15) is 30.4 Å². The Morgan fingerprint density at radius 1 is 0.925 bits per heavy atom. The number of piperidine rings is 1. The van der Waals surface area contributed by atoms with E-state index in [0.29, 0.717) is 62.0 Å². The number of sulfonamides is 1. The van der Waals surface area contributed by atoms with Gasteiger partial charge in [0.15, 0.2) is 5.82 Å². The third-order valence-electron chi connectivity index (χ3n) is 7.98. The van der Waals surface area contributed by atoms with Gasteiger partial charge in [-0.3, -0.25) is 19.4 Å². The Morgan fingerprint density at radius 2 is 1.62 bits per heavy atom. The molecular formula is C32H28ClF6N7O6S. The largest absolute Gasteiger partial charge is 0.458 e. The molecule has 0 spiro atoms. The highest BCUT2D eigenvalue weighted by molar-refractivity contribution is 7.89. The second-order valence-electron chi connectivity index (χ2n) is 11.8. The highest BCUT2D eigenvalue weighted by Gasteiger charge is 2.54. The summed E-state index contributed by atoms with van der Waals surface area (Å²) in [5.74, 6) is -5.99. The van der Waals surface area contributed by atoms with E-state index in [1.807, 2.05) is 30.5 Å². The minimum Gasteiger partial charge on any atom is -0.452 e. The molecule has 0 radical (unpaired) electrons. The fraction of sp³-hybridized carbons (Fsp3) is 0.312. The number of nitrogens with zero attached hydrogens (tertiary/aromatic N) is 4. The quantitative estimate of drug-likeness (QED) is 0.146. The molecule has 5 heterocycles.